The van der Waals surface area contributed by atoms with Crippen molar-refractivity contribution in [3.8, 4) is 0 Å². The molecule has 3 heteroatoms. The summed E-state index contributed by atoms with van der Waals surface area (Å²) in [6.45, 7) is 0. The zero-order valence-corrected chi connectivity index (χ0v) is 19.7. The van der Waals surface area contributed by atoms with Crippen molar-refractivity contribution in [3.05, 3.63) is 60.4 Å². The average molecular weight is 468 g/mol. The molecule has 0 bridgehead atoms. The Morgan fingerprint density at radius 1 is 0.913 bits per heavy atom. The van der Waals surface area contributed by atoms with Crippen molar-refractivity contribution in [2.24, 2.45) is 11.8 Å². The Balaban J connectivity index is 0.000000182. The third kappa shape index (κ3) is 7.89. The van der Waals surface area contributed by atoms with Crippen LogP contribution in [0, 0.1) is 24.7 Å². The van der Waals surface area contributed by atoms with Crippen molar-refractivity contribution in [2.45, 2.75) is 50.0 Å². The minimum atomic E-state index is -0.243. The standard InChI is InChI=1S/2C9H11.C2H6Ge.ClH.Zr/c2*1-2-5-9-7-3-6-8(9)4-1;1-3-2;;/h2*1-2,4,6,9H,3,5,7H2;1-2H3;1H;/q2*-1;;;/p-1. The second kappa shape index (κ2) is 11.9. The van der Waals surface area contributed by atoms with E-state index in [0.29, 0.717) is 0 Å². The molecule has 4 aliphatic rings. The third-order valence-electron chi connectivity index (χ3n) is 4.42. The number of fused-ring (bicyclic) bond motifs is 2. The Morgan fingerprint density at radius 2 is 1.30 bits per heavy atom. The molecule has 0 spiro atoms. The topological polar surface area (TPSA) is 0 Å². The Hall–Kier alpha value is 0.416. The van der Waals surface area contributed by atoms with E-state index in [9.17, 15) is 0 Å². The van der Waals surface area contributed by atoms with Crippen LogP contribution in [0.5, 0.6) is 0 Å². The number of rotatable bonds is 0. The largest absolute Gasteiger partial charge is 1.00 e. The maximum absolute atomic E-state index is 2.37. The first-order chi connectivity index (χ1) is 10.7. The molecule has 2 unspecified atom stereocenters. The van der Waals surface area contributed by atoms with Gasteiger partial charge in [0.1, 0.15) is 0 Å². The van der Waals surface area contributed by atoms with Crippen LogP contribution in [0.3, 0.4) is 0 Å². The normalized spacial score (nSPS) is 25.4. The Morgan fingerprint density at radius 3 is 1.65 bits per heavy atom. The fourth-order valence-electron chi connectivity index (χ4n) is 3.33. The van der Waals surface area contributed by atoms with E-state index in [1.807, 2.05) is 0 Å². The van der Waals surface area contributed by atoms with Crippen LogP contribution in [0.1, 0.15) is 38.5 Å². The monoisotopic (exact) mass is 467 g/mol. The van der Waals surface area contributed by atoms with Crippen molar-refractivity contribution in [1.82, 2.24) is 0 Å². The van der Waals surface area contributed by atoms with E-state index in [1.54, 1.807) is 32.7 Å². The molecule has 4 rings (SSSR count). The molecule has 2 atom stereocenters. The molecule has 2 fully saturated rings. The van der Waals surface area contributed by atoms with Gasteiger partial charge in [-0.1, -0.05) is 12.8 Å². The summed E-state index contributed by atoms with van der Waals surface area (Å²) in [4.78, 5) is 0. The van der Waals surface area contributed by atoms with Crippen LogP contribution in [-0.4, -0.2) is 9.98 Å². The molecule has 0 saturated heterocycles. The molecule has 126 valence electrons. The van der Waals surface area contributed by atoms with Gasteiger partial charge in [-0.05, 0) is 24.7 Å². The van der Waals surface area contributed by atoms with Crippen LogP contribution in [0.2, 0.25) is 11.5 Å². The van der Waals surface area contributed by atoms with Crippen LogP contribution in [0.4, 0.5) is 0 Å². The summed E-state index contributed by atoms with van der Waals surface area (Å²) in [5.74, 6) is 6.52. The van der Waals surface area contributed by atoms with E-state index >= 15 is 0 Å². The van der Waals surface area contributed by atoms with Crippen LogP contribution >= 0.6 is 0 Å². The van der Waals surface area contributed by atoms with Crippen molar-refractivity contribution in [3.63, 3.8) is 0 Å². The summed E-state index contributed by atoms with van der Waals surface area (Å²) in [6, 6.07) is 0. The van der Waals surface area contributed by atoms with Gasteiger partial charge in [-0.15, -0.1) is 37.1 Å². The van der Waals surface area contributed by atoms with Crippen molar-refractivity contribution in [2.75, 3.05) is 0 Å². The van der Waals surface area contributed by atoms with Crippen LogP contribution < -0.4 is 12.4 Å². The first kappa shape index (κ1) is 21.5. The molecule has 0 nitrogen and oxygen atoms in total. The van der Waals surface area contributed by atoms with Crippen molar-refractivity contribution in [1.29, 1.82) is 0 Å². The average Bonchev–Trinajstić information content (AvgIpc) is 3.16. The molecule has 23 heavy (non-hydrogen) atoms. The van der Waals surface area contributed by atoms with Gasteiger partial charge >= 0.3 is 43.1 Å². The molecule has 0 aromatic rings. The molecule has 0 N–H and O–H groups in total. The molecular formula is C20H28ClGeZr-3. The van der Waals surface area contributed by atoms with Gasteiger partial charge in [0.2, 0.25) is 0 Å². The number of allylic oxidation sites excluding steroid dienone is 8. The van der Waals surface area contributed by atoms with Crippen molar-refractivity contribution < 1.29 is 34.0 Å². The van der Waals surface area contributed by atoms with Crippen LogP contribution in [0.15, 0.2) is 47.6 Å². The summed E-state index contributed by atoms with van der Waals surface area (Å²) < 4.78 is 0. The van der Waals surface area contributed by atoms with Gasteiger partial charge < -0.3 is 12.4 Å². The maximum atomic E-state index is 2.37. The summed E-state index contributed by atoms with van der Waals surface area (Å²) in [7, 11) is -0.243. The van der Waals surface area contributed by atoms with Gasteiger partial charge in [0.25, 0.3) is 0 Å². The molecule has 0 radical (unpaired) electrons. The van der Waals surface area contributed by atoms with Gasteiger partial charge in [0.05, 0.1) is 0 Å². The van der Waals surface area contributed by atoms with Gasteiger partial charge in [-0.2, -0.15) is 0 Å². The summed E-state index contributed by atoms with van der Waals surface area (Å²) in [5, 5.41) is 0. The number of halogens is 1. The summed E-state index contributed by atoms with van der Waals surface area (Å²) in [5.41, 5.74) is 3.16. The smallest absolute Gasteiger partial charge is 1.00 e. The van der Waals surface area contributed by atoms with E-state index in [2.05, 4.69) is 60.8 Å². The predicted octanol–water partition coefficient (Wildman–Crippen LogP) is 2.76. The quantitative estimate of drug-likeness (QED) is 0.380. The fraction of sp³-hybridized carbons (Fsp3) is 0.500. The van der Waals surface area contributed by atoms with Crippen LogP contribution in [-0.2, 0) is 21.6 Å². The second-order valence-corrected chi connectivity index (χ2v) is 23.6. The van der Waals surface area contributed by atoms with Gasteiger partial charge in [0.15, 0.2) is 0 Å². The van der Waals surface area contributed by atoms with Crippen molar-refractivity contribution >= 4 is 9.98 Å². The number of hydrogen-bond donors (Lipinski definition) is 0. The van der Waals surface area contributed by atoms with E-state index in [-0.39, 0.29) is 22.4 Å². The minimum absolute atomic E-state index is 0. The molecule has 0 aliphatic heterocycles. The predicted molar refractivity (Wildman–Crippen MR) is 95.2 cm³/mol. The zero-order valence-electron chi connectivity index (χ0n) is 14.4. The molecule has 0 heterocycles. The van der Waals surface area contributed by atoms with E-state index in [1.165, 1.54) is 38.5 Å². The SMILES string of the molecule is C1=CCC2CC[CH-]C2=C1.C1=CCC2CC[CH-]C2=C1.[CH3][Ge]([CH3])=[Zr].[Cl-]. The van der Waals surface area contributed by atoms with E-state index in [4.69, 9.17) is 0 Å². The summed E-state index contributed by atoms with van der Waals surface area (Å²) >= 11 is 1.80. The Kier molecular flexibility index (Phi) is 11.1. The van der Waals surface area contributed by atoms with Crippen LogP contribution in [0.25, 0.3) is 0 Å². The molecule has 0 amide bonds. The van der Waals surface area contributed by atoms with Gasteiger partial charge in [-0.3, -0.25) is 0 Å². The first-order valence-electron chi connectivity index (χ1n) is 8.58. The molecule has 0 aromatic carbocycles. The first-order valence-corrected chi connectivity index (χ1v) is 20.2. The minimum Gasteiger partial charge on any atom is -1.00 e. The van der Waals surface area contributed by atoms with Gasteiger partial charge in [0, 0.05) is 0 Å². The Bertz CT molecular complexity index is 458. The fourth-order valence-corrected chi connectivity index (χ4v) is 3.33. The van der Waals surface area contributed by atoms with E-state index < -0.39 is 0 Å². The molecular weight excluding hydrogens is 440 g/mol. The molecule has 0 aromatic heterocycles. The molecule has 2 saturated carbocycles. The van der Waals surface area contributed by atoms with E-state index in [0.717, 1.165) is 11.8 Å². The second-order valence-electron chi connectivity index (χ2n) is 6.62. The number of hydrogen-bond acceptors (Lipinski definition) is 0. The van der Waals surface area contributed by atoms with Gasteiger partial charge in [-0.25, -0.2) is 36.1 Å². The third-order valence-corrected chi connectivity index (χ3v) is 4.42. The maximum Gasteiger partial charge on any atom is -1.00 e. The molecule has 4 aliphatic carbocycles. The zero-order chi connectivity index (χ0) is 15.8. The Labute approximate surface area is 165 Å². The summed E-state index contributed by atoms with van der Waals surface area (Å²) in [6.07, 6.45) is 26.1.